The highest BCUT2D eigenvalue weighted by atomic mass is 32.2. The smallest absolute Gasteiger partial charge is 0.297 e. The molecule has 1 aliphatic heterocycles. The Hall–Kier alpha value is -1.07. The van der Waals surface area contributed by atoms with Crippen molar-refractivity contribution in [1.29, 1.82) is 0 Å². The van der Waals surface area contributed by atoms with Gasteiger partial charge in [0.05, 0.1) is 11.5 Å². The minimum atomic E-state index is -4.03. The molecule has 0 radical (unpaired) electrons. The lowest BCUT2D eigenvalue weighted by atomic mass is 9.99. The summed E-state index contributed by atoms with van der Waals surface area (Å²) in [6.45, 7) is 1.29. The zero-order valence-corrected chi connectivity index (χ0v) is 13.5. The van der Waals surface area contributed by atoms with E-state index in [2.05, 4.69) is 0 Å². The van der Waals surface area contributed by atoms with E-state index in [-0.39, 0.29) is 4.90 Å². The van der Waals surface area contributed by atoms with E-state index in [4.69, 9.17) is 13.7 Å². The van der Waals surface area contributed by atoms with Gasteiger partial charge in [-0.3, -0.25) is 4.18 Å². The van der Waals surface area contributed by atoms with Crippen molar-refractivity contribution in [3.05, 3.63) is 29.8 Å². The summed E-state index contributed by atoms with van der Waals surface area (Å²) in [6.07, 6.45) is -6.85. The molecule has 1 heterocycles. The summed E-state index contributed by atoms with van der Waals surface area (Å²) in [5, 5.41) is 29.2. The van der Waals surface area contributed by atoms with E-state index in [1.165, 1.54) is 19.2 Å². The lowest BCUT2D eigenvalue weighted by molar-refractivity contribution is -0.293. The highest BCUT2D eigenvalue weighted by Gasteiger charge is 2.44. The van der Waals surface area contributed by atoms with E-state index >= 15 is 0 Å². The van der Waals surface area contributed by atoms with Crippen LogP contribution in [-0.4, -0.2) is 68.2 Å². The monoisotopic (exact) mass is 348 g/mol. The molecule has 0 amide bonds. The number of aryl methyl sites for hydroxylation is 1. The molecule has 1 aromatic carbocycles. The summed E-state index contributed by atoms with van der Waals surface area (Å²) in [7, 11) is -2.78. The van der Waals surface area contributed by atoms with E-state index in [9.17, 15) is 23.7 Å². The first kappa shape index (κ1) is 18.3. The Morgan fingerprint density at radius 3 is 2.26 bits per heavy atom. The highest BCUT2D eigenvalue weighted by Crippen LogP contribution is 2.23. The summed E-state index contributed by atoms with van der Waals surface area (Å²) in [4.78, 5) is -0.0303. The minimum absolute atomic E-state index is 0.0303. The average Bonchev–Trinajstić information content (AvgIpc) is 2.52. The standard InChI is InChI=1S/C14H20O8S/c1-8-3-5-9(6-4-8)23(18,19)21-7-10-11(15)12(16)13(17)14(20-2)22-10/h3-6,10-17H,7H2,1-2H3/t10-,11+,12-,13-,14+/m0/s1. The average molecular weight is 348 g/mol. The molecule has 5 atom stereocenters. The fraction of sp³-hybridized carbons (Fsp3) is 0.571. The van der Waals surface area contributed by atoms with Crippen LogP contribution in [-0.2, 0) is 23.8 Å². The summed E-state index contributed by atoms with van der Waals surface area (Å²) in [5.41, 5.74) is 0.898. The molecule has 0 bridgehead atoms. The summed E-state index contributed by atoms with van der Waals surface area (Å²) in [5.74, 6) is 0. The Labute approximate surface area is 134 Å². The Morgan fingerprint density at radius 2 is 1.70 bits per heavy atom. The quantitative estimate of drug-likeness (QED) is 0.589. The van der Waals surface area contributed by atoms with E-state index < -0.39 is 47.4 Å². The second-order valence-electron chi connectivity index (χ2n) is 5.30. The molecule has 8 nitrogen and oxygen atoms in total. The zero-order valence-electron chi connectivity index (χ0n) is 12.7. The SMILES string of the molecule is CO[C@@H]1O[C@@H](COS(=O)(=O)c2ccc(C)cc2)[C@@H](O)[C@H](O)[C@@H]1O. The van der Waals surface area contributed by atoms with Gasteiger partial charge in [-0.05, 0) is 19.1 Å². The molecule has 1 fully saturated rings. The molecule has 2 rings (SSSR count). The van der Waals surface area contributed by atoms with E-state index in [1.54, 1.807) is 12.1 Å². The highest BCUT2D eigenvalue weighted by molar-refractivity contribution is 7.86. The maximum absolute atomic E-state index is 12.1. The van der Waals surface area contributed by atoms with Crippen LogP contribution in [0.5, 0.6) is 0 Å². The number of ether oxygens (including phenoxy) is 2. The first-order valence-electron chi connectivity index (χ1n) is 6.95. The number of hydrogen-bond acceptors (Lipinski definition) is 8. The normalized spacial score (nSPS) is 32.0. The minimum Gasteiger partial charge on any atom is -0.387 e. The fourth-order valence-electron chi connectivity index (χ4n) is 2.18. The van der Waals surface area contributed by atoms with Gasteiger partial charge in [0.2, 0.25) is 0 Å². The second-order valence-corrected chi connectivity index (χ2v) is 6.92. The summed E-state index contributed by atoms with van der Waals surface area (Å²) in [6, 6.07) is 6.06. The van der Waals surface area contributed by atoms with Crippen molar-refractivity contribution < 1.29 is 37.4 Å². The summed E-state index contributed by atoms with van der Waals surface area (Å²) >= 11 is 0. The van der Waals surface area contributed by atoms with Gasteiger partial charge in [-0.15, -0.1) is 0 Å². The Bertz CT molecular complexity index is 612. The van der Waals surface area contributed by atoms with Crippen LogP contribution in [0, 0.1) is 6.92 Å². The predicted octanol–water partition coefficient (Wildman–Crippen LogP) is -0.846. The van der Waals surface area contributed by atoms with E-state index in [1.807, 2.05) is 6.92 Å². The molecule has 0 aromatic heterocycles. The van der Waals surface area contributed by atoms with Gasteiger partial charge in [-0.2, -0.15) is 8.42 Å². The van der Waals surface area contributed by atoms with Crippen LogP contribution in [0.15, 0.2) is 29.2 Å². The molecular weight excluding hydrogens is 328 g/mol. The molecule has 0 unspecified atom stereocenters. The third-order valence-electron chi connectivity index (χ3n) is 3.60. The molecule has 23 heavy (non-hydrogen) atoms. The van der Waals surface area contributed by atoms with Crippen molar-refractivity contribution in [1.82, 2.24) is 0 Å². The van der Waals surface area contributed by atoms with Crippen LogP contribution >= 0.6 is 0 Å². The van der Waals surface area contributed by atoms with Crippen LogP contribution in [0.25, 0.3) is 0 Å². The summed E-state index contributed by atoms with van der Waals surface area (Å²) < 4.78 is 39.1. The van der Waals surface area contributed by atoms with Gasteiger partial charge in [0, 0.05) is 7.11 Å². The predicted molar refractivity (Wildman–Crippen MR) is 78.0 cm³/mol. The van der Waals surface area contributed by atoms with Gasteiger partial charge in [-0.1, -0.05) is 17.7 Å². The number of methoxy groups -OCH3 is 1. The number of aliphatic hydroxyl groups excluding tert-OH is 3. The number of aliphatic hydroxyl groups is 3. The molecule has 1 aliphatic rings. The van der Waals surface area contributed by atoms with Crippen LogP contribution in [0.2, 0.25) is 0 Å². The first-order valence-corrected chi connectivity index (χ1v) is 8.35. The molecule has 9 heteroatoms. The fourth-order valence-corrected chi connectivity index (χ4v) is 3.10. The molecule has 1 aromatic rings. The molecular formula is C14H20O8S. The van der Waals surface area contributed by atoms with Crippen LogP contribution in [0.4, 0.5) is 0 Å². The van der Waals surface area contributed by atoms with Crippen molar-refractivity contribution in [3.63, 3.8) is 0 Å². The van der Waals surface area contributed by atoms with Crippen LogP contribution < -0.4 is 0 Å². The lowest BCUT2D eigenvalue weighted by Crippen LogP contribution is -2.59. The zero-order chi connectivity index (χ0) is 17.2. The molecule has 0 aliphatic carbocycles. The molecule has 0 saturated carbocycles. The van der Waals surface area contributed by atoms with Crippen molar-refractivity contribution in [2.75, 3.05) is 13.7 Å². The molecule has 0 spiro atoms. The Morgan fingerprint density at radius 1 is 1.09 bits per heavy atom. The number of hydrogen-bond donors (Lipinski definition) is 3. The third kappa shape index (κ3) is 4.07. The number of rotatable bonds is 5. The van der Waals surface area contributed by atoms with Gasteiger partial charge in [0.25, 0.3) is 10.1 Å². The van der Waals surface area contributed by atoms with Crippen LogP contribution in [0.1, 0.15) is 5.56 Å². The molecule has 1 saturated heterocycles. The number of benzene rings is 1. The topological polar surface area (TPSA) is 123 Å². The molecule has 3 N–H and O–H groups in total. The van der Waals surface area contributed by atoms with Gasteiger partial charge in [0.15, 0.2) is 6.29 Å². The van der Waals surface area contributed by atoms with Gasteiger partial charge < -0.3 is 24.8 Å². The van der Waals surface area contributed by atoms with Gasteiger partial charge in [-0.25, -0.2) is 0 Å². The maximum atomic E-state index is 12.1. The van der Waals surface area contributed by atoms with Crippen molar-refractivity contribution in [3.8, 4) is 0 Å². The van der Waals surface area contributed by atoms with Crippen molar-refractivity contribution in [2.24, 2.45) is 0 Å². The van der Waals surface area contributed by atoms with E-state index in [0.717, 1.165) is 5.56 Å². The van der Waals surface area contributed by atoms with Crippen molar-refractivity contribution in [2.45, 2.75) is 42.5 Å². The molecule has 130 valence electrons. The van der Waals surface area contributed by atoms with Crippen molar-refractivity contribution >= 4 is 10.1 Å². The first-order chi connectivity index (χ1) is 10.8. The second kappa shape index (κ2) is 7.22. The van der Waals surface area contributed by atoms with E-state index in [0.29, 0.717) is 0 Å². The largest absolute Gasteiger partial charge is 0.387 e. The Kier molecular flexibility index (Phi) is 5.74. The van der Waals surface area contributed by atoms with Crippen LogP contribution in [0.3, 0.4) is 0 Å². The van der Waals surface area contributed by atoms with Gasteiger partial charge in [0.1, 0.15) is 24.4 Å². The maximum Gasteiger partial charge on any atom is 0.297 e. The lowest BCUT2D eigenvalue weighted by Gasteiger charge is -2.39. The Balaban J connectivity index is 2.05. The van der Waals surface area contributed by atoms with Gasteiger partial charge >= 0.3 is 0 Å². The third-order valence-corrected chi connectivity index (χ3v) is 4.89.